The second-order valence-electron chi connectivity index (χ2n) is 0.802. The van der Waals surface area contributed by atoms with Crippen LogP contribution in [0.2, 0.25) is 0 Å². The van der Waals surface area contributed by atoms with Crippen molar-refractivity contribution in [2.45, 2.75) is 0 Å². The molecule has 0 saturated heterocycles. The number of rotatable bonds is 0. The van der Waals surface area contributed by atoms with E-state index < -0.39 is 15.1 Å². The maximum Gasteiger partial charge on any atom is 1.00 e. The minimum Gasteiger partial charge on any atom is -0.907 e. The standard InChI is InChI=1S/BO3.3K.H3O4P/c2-1(3)4;;;;1-5(2,3)4/h;;;;(H3,1,2,3,4)/q-3;3*+1;. The molecule has 0 bridgehead atoms. The molecule has 0 saturated carbocycles. The summed E-state index contributed by atoms with van der Waals surface area (Å²) in [7, 11) is -7.56. The normalized spacial score (nSPS) is 7.17. The summed E-state index contributed by atoms with van der Waals surface area (Å²) in [4.78, 5) is 21.6. The Morgan fingerprint density at radius 2 is 0.917 bits per heavy atom. The van der Waals surface area contributed by atoms with E-state index in [2.05, 4.69) is 0 Å². The molecule has 0 heterocycles. The summed E-state index contributed by atoms with van der Waals surface area (Å²) < 4.78 is 8.88. The van der Waals surface area contributed by atoms with Gasteiger partial charge in [-0.15, -0.1) is 0 Å². The van der Waals surface area contributed by atoms with Crippen LogP contribution in [0.4, 0.5) is 0 Å². The molecule has 0 amide bonds. The average Bonchev–Trinajstić information content (AvgIpc) is 1.19. The molecule has 56 valence electrons. The average molecular weight is 274 g/mol. The first-order chi connectivity index (χ1) is 3.73. The van der Waals surface area contributed by atoms with Crippen LogP contribution in [0.1, 0.15) is 0 Å². The van der Waals surface area contributed by atoms with Gasteiger partial charge < -0.3 is 29.8 Å². The Morgan fingerprint density at radius 3 is 0.917 bits per heavy atom. The van der Waals surface area contributed by atoms with Gasteiger partial charge in [-0.05, 0) is 0 Å². The van der Waals surface area contributed by atoms with Gasteiger partial charge in [0, 0.05) is 0 Å². The van der Waals surface area contributed by atoms with Gasteiger partial charge in [0.05, 0.1) is 0 Å². The van der Waals surface area contributed by atoms with Crippen LogP contribution < -0.4 is 169 Å². The van der Waals surface area contributed by atoms with Crippen molar-refractivity contribution in [3.63, 3.8) is 0 Å². The third-order valence-electron chi connectivity index (χ3n) is 0. The van der Waals surface area contributed by atoms with E-state index in [1.165, 1.54) is 0 Å². The fourth-order valence-electron chi connectivity index (χ4n) is 0. The Balaban J connectivity index is -0.0000000221. The Labute approximate surface area is 197 Å². The van der Waals surface area contributed by atoms with Gasteiger partial charge in [-0.2, -0.15) is 0 Å². The minimum atomic E-state index is -4.64. The van der Waals surface area contributed by atoms with Crippen LogP contribution in [0, 0.1) is 0 Å². The van der Waals surface area contributed by atoms with E-state index in [1.807, 2.05) is 0 Å². The zero-order valence-corrected chi connectivity index (χ0v) is 17.3. The van der Waals surface area contributed by atoms with Crippen LogP contribution >= 0.6 is 7.82 Å². The van der Waals surface area contributed by atoms with Crippen molar-refractivity contribution in [3.8, 4) is 0 Å². The van der Waals surface area contributed by atoms with Crippen molar-refractivity contribution in [3.05, 3.63) is 0 Å². The number of hydrogen-bond donors (Lipinski definition) is 3. The van der Waals surface area contributed by atoms with Gasteiger partial charge in [-0.25, -0.2) is 4.57 Å². The number of phosphoric acid groups is 1. The first-order valence-corrected chi connectivity index (χ1v) is 3.05. The molecule has 12 heavy (non-hydrogen) atoms. The molecule has 0 fully saturated rings. The topological polar surface area (TPSA) is 147 Å². The Hall–Kier alpha value is 4.96. The van der Waals surface area contributed by atoms with Gasteiger partial charge in [0.15, 0.2) is 0 Å². The fourth-order valence-corrected chi connectivity index (χ4v) is 0. The zero-order valence-electron chi connectivity index (χ0n) is 7.00. The molecule has 0 spiro atoms. The van der Waals surface area contributed by atoms with Crippen molar-refractivity contribution in [2.24, 2.45) is 0 Å². The van der Waals surface area contributed by atoms with Crippen LogP contribution in [-0.2, 0) is 4.57 Å². The third kappa shape index (κ3) is 118. The molecular formula is H3BK3O7P. The Kier molecular flexibility index (Phi) is 46.1. The molecular weight excluding hydrogens is 271 g/mol. The largest absolute Gasteiger partial charge is 1.00 e. The van der Waals surface area contributed by atoms with Crippen LogP contribution in [0.25, 0.3) is 0 Å². The van der Waals surface area contributed by atoms with E-state index in [4.69, 9.17) is 34.3 Å². The summed E-state index contributed by atoms with van der Waals surface area (Å²) >= 11 is 0. The van der Waals surface area contributed by atoms with E-state index in [0.29, 0.717) is 0 Å². The van der Waals surface area contributed by atoms with Crippen LogP contribution in [0.5, 0.6) is 0 Å². The summed E-state index contributed by atoms with van der Waals surface area (Å²) in [5, 5.41) is 25.2. The zero-order chi connectivity index (χ0) is 8.08. The molecule has 0 radical (unpaired) electrons. The monoisotopic (exact) mass is 274 g/mol. The van der Waals surface area contributed by atoms with Crippen molar-refractivity contribution in [1.82, 2.24) is 0 Å². The molecule has 0 aromatic heterocycles. The molecule has 0 aliphatic rings. The van der Waals surface area contributed by atoms with Crippen LogP contribution in [-0.4, -0.2) is 22.0 Å². The van der Waals surface area contributed by atoms with E-state index in [-0.39, 0.29) is 154 Å². The summed E-state index contributed by atoms with van der Waals surface area (Å²) in [6.07, 6.45) is 0. The van der Waals surface area contributed by atoms with Gasteiger partial charge in [0.25, 0.3) is 0 Å². The summed E-state index contributed by atoms with van der Waals surface area (Å²) in [5.74, 6) is 0. The first-order valence-electron chi connectivity index (χ1n) is 1.49. The molecule has 0 aliphatic heterocycles. The minimum absolute atomic E-state index is 0. The van der Waals surface area contributed by atoms with Gasteiger partial charge in [0.2, 0.25) is 0 Å². The van der Waals surface area contributed by atoms with Gasteiger partial charge in [0.1, 0.15) is 0 Å². The first kappa shape index (κ1) is 30.2. The molecule has 3 N–H and O–H groups in total. The SMILES string of the molecule is O=P(O)(O)O.[K+].[K+].[K+].[O-]B([O-])[O-]. The second-order valence-corrected chi connectivity index (χ2v) is 1.83. The van der Waals surface area contributed by atoms with E-state index in [1.54, 1.807) is 0 Å². The molecule has 0 rings (SSSR count). The smallest absolute Gasteiger partial charge is 0.907 e. The molecule has 0 aromatic rings. The molecule has 7 nitrogen and oxygen atoms in total. The predicted molar refractivity (Wildman–Crippen MR) is 20.0 cm³/mol. The van der Waals surface area contributed by atoms with Gasteiger partial charge in [-0.1, -0.05) is 0 Å². The van der Waals surface area contributed by atoms with E-state index in [9.17, 15) is 0 Å². The van der Waals surface area contributed by atoms with Crippen molar-refractivity contribution < 1.29 is 188 Å². The summed E-state index contributed by atoms with van der Waals surface area (Å²) in [6, 6.07) is 0. The summed E-state index contributed by atoms with van der Waals surface area (Å²) in [6.45, 7) is 0. The molecule has 0 aromatic carbocycles. The summed E-state index contributed by atoms with van der Waals surface area (Å²) in [5.41, 5.74) is 0. The predicted octanol–water partition coefficient (Wildman–Crippen LogP) is -13.9. The Morgan fingerprint density at radius 1 is 0.917 bits per heavy atom. The van der Waals surface area contributed by atoms with Gasteiger partial charge >= 0.3 is 162 Å². The third-order valence-corrected chi connectivity index (χ3v) is 0. The quantitative estimate of drug-likeness (QED) is 0.293. The van der Waals surface area contributed by atoms with Crippen molar-refractivity contribution in [1.29, 1.82) is 0 Å². The van der Waals surface area contributed by atoms with E-state index in [0.717, 1.165) is 0 Å². The van der Waals surface area contributed by atoms with Gasteiger partial charge in [-0.3, -0.25) is 7.32 Å². The van der Waals surface area contributed by atoms with Crippen molar-refractivity contribution >= 4 is 15.1 Å². The van der Waals surface area contributed by atoms with Crippen LogP contribution in [0.15, 0.2) is 0 Å². The van der Waals surface area contributed by atoms with Crippen molar-refractivity contribution in [2.75, 3.05) is 0 Å². The second kappa shape index (κ2) is 18.3. The molecule has 12 heteroatoms. The maximum absolute atomic E-state index is 8.88. The number of hydrogen-bond acceptors (Lipinski definition) is 4. The molecule has 0 aliphatic carbocycles. The fraction of sp³-hybridized carbons (Fsp3) is 0. The van der Waals surface area contributed by atoms with E-state index >= 15 is 0 Å². The maximum atomic E-state index is 8.88. The Bertz CT molecular complexity index is 89.8. The van der Waals surface area contributed by atoms with Crippen LogP contribution in [0.3, 0.4) is 0 Å². The molecule has 0 atom stereocenters. The molecule has 0 unspecified atom stereocenters.